The Morgan fingerprint density at radius 3 is 2.53 bits per heavy atom. The van der Waals surface area contributed by atoms with Gasteiger partial charge in [-0.25, -0.2) is 9.78 Å². The van der Waals surface area contributed by atoms with E-state index in [9.17, 15) is 4.79 Å². The van der Waals surface area contributed by atoms with Gasteiger partial charge in [0.1, 0.15) is 0 Å². The molecule has 0 saturated carbocycles. The molecule has 4 nitrogen and oxygen atoms in total. The molecule has 0 saturated heterocycles. The molecule has 4 heteroatoms. The molecule has 0 aliphatic heterocycles. The number of nitrogens with zero attached hydrogens (tertiary/aromatic N) is 1. The highest BCUT2D eigenvalue weighted by molar-refractivity contribution is 5.88. The number of carbonyl (C=O) groups is 1. The van der Waals surface area contributed by atoms with Crippen LogP contribution in [0.15, 0.2) is 12.1 Å². The number of ether oxygens (including phenoxy) is 1. The molecule has 0 atom stereocenters. The summed E-state index contributed by atoms with van der Waals surface area (Å²) < 4.78 is 5.49. The normalized spacial score (nSPS) is 11.3. The second-order valence-corrected chi connectivity index (χ2v) is 5.25. The highest BCUT2D eigenvalue weighted by atomic mass is 16.5. The first-order chi connectivity index (χ1) is 7.79. The van der Waals surface area contributed by atoms with E-state index in [4.69, 9.17) is 9.84 Å². The van der Waals surface area contributed by atoms with Crippen LogP contribution >= 0.6 is 0 Å². The molecule has 1 N–H and O–H groups in total. The molecular formula is C13H19NO3. The van der Waals surface area contributed by atoms with E-state index in [1.54, 1.807) is 13.0 Å². The van der Waals surface area contributed by atoms with Crippen molar-refractivity contribution in [3.8, 4) is 5.88 Å². The van der Waals surface area contributed by atoms with Gasteiger partial charge in [0.25, 0.3) is 0 Å². The number of hydrogen-bond donors (Lipinski definition) is 1. The molecule has 1 aromatic rings. The van der Waals surface area contributed by atoms with Gasteiger partial charge in [-0.2, -0.15) is 0 Å². The Kier molecular flexibility index (Phi) is 4.10. The maximum absolute atomic E-state index is 10.8. The van der Waals surface area contributed by atoms with Gasteiger partial charge in [-0.1, -0.05) is 20.8 Å². The molecule has 0 bridgehead atoms. The lowest BCUT2D eigenvalue weighted by Crippen LogP contribution is -2.12. The van der Waals surface area contributed by atoms with Crippen LogP contribution in [0.1, 0.15) is 43.2 Å². The van der Waals surface area contributed by atoms with Crippen molar-refractivity contribution in [1.82, 2.24) is 4.98 Å². The maximum Gasteiger partial charge on any atom is 0.337 e. The fourth-order valence-electron chi connectivity index (χ4n) is 1.31. The third kappa shape index (κ3) is 4.43. The minimum atomic E-state index is -0.962. The summed E-state index contributed by atoms with van der Waals surface area (Å²) in [6, 6.07) is 3.12. The summed E-state index contributed by atoms with van der Waals surface area (Å²) in [5.74, 6) is -0.479. The number of aryl methyl sites for hydroxylation is 1. The lowest BCUT2D eigenvalue weighted by molar-refractivity contribution is 0.0695. The largest absolute Gasteiger partial charge is 0.478 e. The summed E-state index contributed by atoms with van der Waals surface area (Å²) in [7, 11) is 0. The lowest BCUT2D eigenvalue weighted by Gasteiger charge is -2.17. The molecule has 0 radical (unpaired) electrons. The van der Waals surface area contributed by atoms with Crippen molar-refractivity contribution >= 4 is 5.97 Å². The van der Waals surface area contributed by atoms with Crippen LogP contribution in [0.3, 0.4) is 0 Å². The van der Waals surface area contributed by atoms with Crippen LogP contribution in [0.5, 0.6) is 5.88 Å². The highest BCUT2D eigenvalue weighted by Crippen LogP contribution is 2.19. The molecule has 0 aromatic carbocycles. The van der Waals surface area contributed by atoms with E-state index in [-0.39, 0.29) is 11.0 Å². The van der Waals surface area contributed by atoms with Crippen LogP contribution in [-0.4, -0.2) is 22.7 Å². The van der Waals surface area contributed by atoms with Gasteiger partial charge in [-0.3, -0.25) is 0 Å². The van der Waals surface area contributed by atoms with Gasteiger partial charge < -0.3 is 9.84 Å². The summed E-state index contributed by atoms with van der Waals surface area (Å²) in [5.41, 5.74) is 0.912. The van der Waals surface area contributed by atoms with Crippen molar-refractivity contribution in [3.05, 3.63) is 23.4 Å². The second-order valence-electron chi connectivity index (χ2n) is 5.25. The molecule has 0 unspecified atom stereocenters. The van der Waals surface area contributed by atoms with Crippen LogP contribution in [-0.2, 0) is 0 Å². The molecular weight excluding hydrogens is 218 g/mol. The van der Waals surface area contributed by atoms with Gasteiger partial charge in [-0.15, -0.1) is 0 Å². The van der Waals surface area contributed by atoms with Crippen LogP contribution in [0, 0.1) is 12.3 Å². The minimum absolute atomic E-state index is 0.216. The van der Waals surface area contributed by atoms with Gasteiger partial charge in [0.05, 0.1) is 17.9 Å². The standard InChI is InChI=1S/C13H19NO3/c1-9-10(12(15)16)5-6-11(14-9)17-8-7-13(2,3)4/h5-6H,7-8H2,1-4H3,(H,15,16). The number of carboxylic acids is 1. The first kappa shape index (κ1) is 13.5. The summed E-state index contributed by atoms with van der Waals surface area (Å²) in [6.07, 6.45) is 0.925. The minimum Gasteiger partial charge on any atom is -0.478 e. The van der Waals surface area contributed by atoms with Gasteiger partial charge in [0.15, 0.2) is 0 Å². The number of pyridine rings is 1. The summed E-state index contributed by atoms with van der Waals surface area (Å²) in [6.45, 7) is 8.68. The maximum atomic E-state index is 10.8. The number of hydrogen-bond acceptors (Lipinski definition) is 3. The molecule has 0 fully saturated rings. The molecule has 1 rings (SSSR count). The highest BCUT2D eigenvalue weighted by Gasteiger charge is 2.12. The van der Waals surface area contributed by atoms with Gasteiger partial charge in [0.2, 0.25) is 5.88 Å². The van der Waals surface area contributed by atoms with Crippen LogP contribution < -0.4 is 4.74 Å². The van der Waals surface area contributed by atoms with Crippen molar-refractivity contribution in [2.45, 2.75) is 34.1 Å². The Morgan fingerprint density at radius 2 is 2.06 bits per heavy atom. The molecule has 0 aliphatic rings. The van der Waals surface area contributed by atoms with Crippen LogP contribution in [0.2, 0.25) is 0 Å². The van der Waals surface area contributed by atoms with Crippen LogP contribution in [0.25, 0.3) is 0 Å². The van der Waals surface area contributed by atoms with E-state index < -0.39 is 5.97 Å². The summed E-state index contributed by atoms with van der Waals surface area (Å²) >= 11 is 0. The Balaban J connectivity index is 2.62. The topological polar surface area (TPSA) is 59.4 Å². The van der Waals surface area contributed by atoms with E-state index >= 15 is 0 Å². The Hall–Kier alpha value is -1.58. The Bertz CT molecular complexity index is 408. The zero-order chi connectivity index (χ0) is 13.1. The zero-order valence-electron chi connectivity index (χ0n) is 10.8. The molecule has 0 aliphatic carbocycles. The van der Waals surface area contributed by atoms with E-state index in [0.717, 1.165) is 6.42 Å². The molecule has 1 aromatic heterocycles. The van der Waals surface area contributed by atoms with Crippen molar-refractivity contribution in [2.75, 3.05) is 6.61 Å². The monoisotopic (exact) mass is 237 g/mol. The molecule has 0 spiro atoms. The fourth-order valence-corrected chi connectivity index (χ4v) is 1.31. The molecule has 1 heterocycles. The van der Waals surface area contributed by atoms with Gasteiger partial charge >= 0.3 is 5.97 Å². The Labute approximate surface area is 102 Å². The number of aromatic nitrogens is 1. The smallest absolute Gasteiger partial charge is 0.337 e. The number of rotatable bonds is 4. The average molecular weight is 237 g/mol. The summed E-state index contributed by atoms with van der Waals surface area (Å²) in [5, 5.41) is 8.86. The first-order valence-corrected chi connectivity index (χ1v) is 5.63. The lowest BCUT2D eigenvalue weighted by atomic mass is 9.93. The fraction of sp³-hybridized carbons (Fsp3) is 0.538. The van der Waals surface area contributed by atoms with E-state index in [2.05, 4.69) is 25.8 Å². The zero-order valence-corrected chi connectivity index (χ0v) is 10.8. The third-order valence-electron chi connectivity index (χ3n) is 2.39. The SMILES string of the molecule is Cc1nc(OCCC(C)(C)C)ccc1C(=O)O. The molecule has 17 heavy (non-hydrogen) atoms. The summed E-state index contributed by atoms with van der Waals surface area (Å²) in [4.78, 5) is 14.9. The predicted octanol–water partition coefficient (Wildman–Crippen LogP) is 2.90. The number of carboxylic acid groups (broad SMARTS) is 1. The van der Waals surface area contributed by atoms with Gasteiger partial charge in [0, 0.05) is 6.07 Å². The van der Waals surface area contributed by atoms with Gasteiger partial charge in [-0.05, 0) is 24.8 Å². The van der Waals surface area contributed by atoms with Crippen molar-refractivity contribution < 1.29 is 14.6 Å². The third-order valence-corrected chi connectivity index (χ3v) is 2.39. The van der Waals surface area contributed by atoms with E-state index in [0.29, 0.717) is 18.2 Å². The Morgan fingerprint density at radius 1 is 1.41 bits per heavy atom. The average Bonchev–Trinajstić information content (AvgIpc) is 2.15. The molecule has 94 valence electrons. The van der Waals surface area contributed by atoms with Crippen molar-refractivity contribution in [1.29, 1.82) is 0 Å². The van der Waals surface area contributed by atoms with Crippen LogP contribution in [0.4, 0.5) is 0 Å². The quantitative estimate of drug-likeness (QED) is 0.874. The predicted molar refractivity (Wildman–Crippen MR) is 65.5 cm³/mol. The van der Waals surface area contributed by atoms with E-state index in [1.165, 1.54) is 6.07 Å². The van der Waals surface area contributed by atoms with Crippen molar-refractivity contribution in [2.24, 2.45) is 5.41 Å². The second kappa shape index (κ2) is 5.17. The van der Waals surface area contributed by atoms with Crippen molar-refractivity contribution in [3.63, 3.8) is 0 Å². The van der Waals surface area contributed by atoms with E-state index in [1.807, 2.05) is 0 Å². The molecule has 0 amide bonds. The number of aromatic carboxylic acids is 1. The first-order valence-electron chi connectivity index (χ1n) is 5.63.